The number of methoxy groups -OCH3 is 1. The molecule has 0 saturated heterocycles. The standard InChI is InChI=1S/C12H17NO2/c1-9(13)11(12(14)15-2)8-10-6-4-3-5-7-10/h3-7,9,11H,8,13H2,1-2H3/t9-,11+/m0/s1. The van der Waals surface area contributed by atoms with Crippen molar-refractivity contribution >= 4 is 5.97 Å². The molecule has 0 fully saturated rings. The second kappa shape index (κ2) is 5.51. The van der Waals surface area contributed by atoms with Crippen molar-refractivity contribution in [3.63, 3.8) is 0 Å². The quantitative estimate of drug-likeness (QED) is 0.758. The Morgan fingerprint density at radius 3 is 2.47 bits per heavy atom. The van der Waals surface area contributed by atoms with E-state index in [1.807, 2.05) is 37.3 Å². The third kappa shape index (κ3) is 3.36. The number of benzene rings is 1. The first-order valence-corrected chi connectivity index (χ1v) is 5.02. The average molecular weight is 207 g/mol. The molecule has 1 rings (SSSR count). The molecule has 3 nitrogen and oxygen atoms in total. The Bertz CT molecular complexity index is 309. The van der Waals surface area contributed by atoms with E-state index in [1.54, 1.807) is 0 Å². The normalized spacial score (nSPS) is 14.3. The molecule has 1 aromatic carbocycles. The predicted octanol–water partition coefficient (Wildman–Crippen LogP) is 1.37. The molecule has 0 aliphatic carbocycles. The highest BCUT2D eigenvalue weighted by molar-refractivity contribution is 5.73. The molecular weight excluding hydrogens is 190 g/mol. The minimum atomic E-state index is -0.266. The molecule has 82 valence electrons. The van der Waals surface area contributed by atoms with E-state index < -0.39 is 0 Å². The van der Waals surface area contributed by atoms with Crippen LogP contribution >= 0.6 is 0 Å². The van der Waals surface area contributed by atoms with Gasteiger partial charge in [0.2, 0.25) is 0 Å². The van der Waals surface area contributed by atoms with E-state index in [4.69, 9.17) is 10.5 Å². The Hall–Kier alpha value is -1.35. The lowest BCUT2D eigenvalue weighted by atomic mass is 9.94. The topological polar surface area (TPSA) is 52.3 Å². The zero-order valence-corrected chi connectivity index (χ0v) is 9.14. The SMILES string of the molecule is COC(=O)[C@H](Cc1ccccc1)[C@H](C)N. The highest BCUT2D eigenvalue weighted by atomic mass is 16.5. The van der Waals surface area contributed by atoms with E-state index in [0.717, 1.165) is 5.56 Å². The molecule has 2 N–H and O–H groups in total. The van der Waals surface area contributed by atoms with Crippen LogP contribution in [0.25, 0.3) is 0 Å². The smallest absolute Gasteiger partial charge is 0.310 e. The molecule has 0 aliphatic rings. The summed E-state index contributed by atoms with van der Waals surface area (Å²) in [4.78, 5) is 11.5. The summed E-state index contributed by atoms with van der Waals surface area (Å²) < 4.78 is 4.73. The highest BCUT2D eigenvalue weighted by Gasteiger charge is 2.23. The minimum Gasteiger partial charge on any atom is -0.469 e. The van der Waals surface area contributed by atoms with Gasteiger partial charge >= 0.3 is 5.97 Å². The largest absolute Gasteiger partial charge is 0.469 e. The third-order valence-electron chi connectivity index (χ3n) is 2.44. The fourth-order valence-electron chi connectivity index (χ4n) is 1.50. The molecule has 0 spiro atoms. The van der Waals surface area contributed by atoms with Gasteiger partial charge in [0.05, 0.1) is 13.0 Å². The van der Waals surface area contributed by atoms with Crippen molar-refractivity contribution in [1.29, 1.82) is 0 Å². The van der Waals surface area contributed by atoms with Gasteiger partial charge in [-0.2, -0.15) is 0 Å². The maximum absolute atomic E-state index is 11.5. The molecule has 0 saturated carbocycles. The van der Waals surface area contributed by atoms with E-state index in [2.05, 4.69) is 0 Å². The fourth-order valence-corrected chi connectivity index (χ4v) is 1.50. The second-order valence-corrected chi connectivity index (χ2v) is 3.68. The van der Waals surface area contributed by atoms with Crippen molar-refractivity contribution in [2.75, 3.05) is 7.11 Å². The number of hydrogen-bond donors (Lipinski definition) is 1. The zero-order chi connectivity index (χ0) is 11.3. The van der Waals surface area contributed by atoms with Crippen LogP contribution in [-0.4, -0.2) is 19.1 Å². The van der Waals surface area contributed by atoms with Crippen LogP contribution in [0.1, 0.15) is 12.5 Å². The van der Waals surface area contributed by atoms with Gasteiger partial charge in [-0.3, -0.25) is 4.79 Å². The van der Waals surface area contributed by atoms with Crippen LogP contribution in [0.4, 0.5) is 0 Å². The van der Waals surface area contributed by atoms with Gasteiger partial charge in [0.15, 0.2) is 0 Å². The van der Waals surface area contributed by atoms with E-state index in [9.17, 15) is 4.79 Å². The Kier molecular flexibility index (Phi) is 4.31. The van der Waals surface area contributed by atoms with E-state index in [0.29, 0.717) is 6.42 Å². The molecule has 1 aromatic rings. The van der Waals surface area contributed by atoms with Gasteiger partial charge in [-0.15, -0.1) is 0 Å². The first kappa shape index (κ1) is 11.7. The van der Waals surface area contributed by atoms with E-state index >= 15 is 0 Å². The lowest BCUT2D eigenvalue weighted by Crippen LogP contribution is -2.35. The summed E-state index contributed by atoms with van der Waals surface area (Å²) in [6, 6.07) is 9.62. The summed E-state index contributed by atoms with van der Waals surface area (Å²) >= 11 is 0. The highest BCUT2D eigenvalue weighted by Crippen LogP contribution is 2.12. The predicted molar refractivity (Wildman–Crippen MR) is 59.3 cm³/mol. The fraction of sp³-hybridized carbons (Fsp3) is 0.417. The number of hydrogen-bond acceptors (Lipinski definition) is 3. The number of esters is 1. The van der Waals surface area contributed by atoms with Crippen LogP contribution < -0.4 is 5.73 Å². The second-order valence-electron chi connectivity index (χ2n) is 3.68. The molecule has 0 unspecified atom stereocenters. The summed E-state index contributed by atoms with van der Waals surface area (Å²) in [5, 5.41) is 0. The van der Waals surface area contributed by atoms with Crippen LogP contribution in [0.3, 0.4) is 0 Å². The van der Waals surface area contributed by atoms with Gasteiger partial charge < -0.3 is 10.5 Å². The Labute approximate surface area is 90.2 Å². The van der Waals surface area contributed by atoms with Gasteiger partial charge in [-0.05, 0) is 18.9 Å². The van der Waals surface area contributed by atoms with Crippen LogP contribution in [-0.2, 0) is 16.0 Å². The van der Waals surface area contributed by atoms with Crippen LogP contribution in [0.2, 0.25) is 0 Å². The van der Waals surface area contributed by atoms with Crippen LogP contribution in [0.15, 0.2) is 30.3 Å². The molecule has 2 atom stereocenters. The van der Waals surface area contributed by atoms with E-state index in [1.165, 1.54) is 7.11 Å². The first-order chi connectivity index (χ1) is 7.15. The van der Waals surface area contributed by atoms with Crippen LogP contribution in [0, 0.1) is 5.92 Å². The van der Waals surface area contributed by atoms with E-state index in [-0.39, 0.29) is 17.9 Å². The van der Waals surface area contributed by atoms with Crippen molar-refractivity contribution in [2.24, 2.45) is 11.7 Å². The van der Waals surface area contributed by atoms with Gasteiger partial charge in [0.1, 0.15) is 0 Å². The molecule has 0 aromatic heterocycles. The lowest BCUT2D eigenvalue weighted by molar-refractivity contribution is -0.146. The summed E-state index contributed by atoms with van der Waals surface area (Å²) in [6.45, 7) is 1.82. The number of carbonyl (C=O) groups excluding carboxylic acids is 1. The van der Waals surface area contributed by atoms with Gasteiger partial charge in [0.25, 0.3) is 0 Å². The first-order valence-electron chi connectivity index (χ1n) is 5.02. The van der Waals surface area contributed by atoms with Crippen molar-refractivity contribution in [3.05, 3.63) is 35.9 Å². The molecular formula is C12H17NO2. The Morgan fingerprint density at radius 2 is 2.00 bits per heavy atom. The number of ether oxygens (including phenoxy) is 1. The van der Waals surface area contributed by atoms with Crippen molar-refractivity contribution in [3.8, 4) is 0 Å². The third-order valence-corrected chi connectivity index (χ3v) is 2.44. The molecule has 15 heavy (non-hydrogen) atoms. The van der Waals surface area contributed by atoms with Gasteiger partial charge in [-0.1, -0.05) is 30.3 Å². The Morgan fingerprint density at radius 1 is 1.40 bits per heavy atom. The Balaban J connectivity index is 2.72. The molecule has 0 amide bonds. The monoisotopic (exact) mass is 207 g/mol. The van der Waals surface area contributed by atoms with Crippen molar-refractivity contribution in [1.82, 2.24) is 0 Å². The van der Waals surface area contributed by atoms with Crippen LogP contribution in [0.5, 0.6) is 0 Å². The summed E-state index contributed by atoms with van der Waals surface area (Å²) in [5.74, 6) is -0.508. The van der Waals surface area contributed by atoms with Crippen molar-refractivity contribution < 1.29 is 9.53 Å². The average Bonchev–Trinajstić information content (AvgIpc) is 2.26. The van der Waals surface area contributed by atoms with Gasteiger partial charge in [-0.25, -0.2) is 0 Å². The molecule has 0 aliphatic heterocycles. The maximum atomic E-state index is 11.5. The minimum absolute atomic E-state index is 0.197. The lowest BCUT2D eigenvalue weighted by Gasteiger charge is -2.18. The zero-order valence-electron chi connectivity index (χ0n) is 9.14. The summed E-state index contributed by atoms with van der Waals surface area (Å²) in [5.41, 5.74) is 6.86. The number of nitrogens with two attached hydrogens (primary N) is 1. The molecule has 0 bridgehead atoms. The molecule has 0 radical (unpaired) electrons. The molecule has 0 heterocycles. The van der Waals surface area contributed by atoms with Crippen molar-refractivity contribution in [2.45, 2.75) is 19.4 Å². The maximum Gasteiger partial charge on any atom is 0.310 e. The van der Waals surface area contributed by atoms with Gasteiger partial charge in [0, 0.05) is 6.04 Å². The molecule has 3 heteroatoms. The number of carbonyl (C=O) groups is 1. The summed E-state index contributed by atoms with van der Waals surface area (Å²) in [7, 11) is 1.39. The summed E-state index contributed by atoms with van der Waals surface area (Å²) in [6.07, 6.45) is 0.630. The number of rotatable bonds is 4.